The number of amides is 2. The van der Waals surface area contributed by atoms with E-state index in [-0.39, 0.29) is 19.1 Å². The molecule has 2 N–H and O–H groups in total. The molecule has 1 aliphatic heterocycles. The van der Waals surface area contributed by atoms with Gasteiger partial charge in [-0.05, 0) is 30.2 Å². The average Bonchev–Trinajstić information content (AvgIpc) is 3.38. The van der Waals surface area contributed by atoms with E-state index in [2.05, 4.69) is 15.5 Å². The second-order valence-electron chi connectivity index (χ2n) is 7.67. The number of carbonyl (C=O) groups is 2. The van der Waals surface area contributed by atoms with E-state index < -0.39 is 6.09 Å². The minimum absolute atomic E-state index is 0.139. The van der Waals surface area contributed by atoms with Crippen LogP contribution in [0.3, 0.4) is 0 Å². The minimum atomic E-state index is -0.614. The molecule has 2 amide bonds. The van der Waals surface area contributed by atoms with Gasteiger partial charge < -0.3 is 19.1 Å². The number of aryl methyl sites for hydroxylation is 1. The van der Waals surface area contributed by atoms with E-state index in [9.17, 15) is 9.59 Å². The molecule has 1 saturated heterocycles. The van der Waals surface area contributed by atoms with Crippen molar-refractivity contribution >= 4 is 17.7 Å². The summed E-state index contributed by atoms with van der Waals surface area (Å²) in [7, 11) is 0. The predicted octanol–water partition coefficient (Wildman–Crippen LogP) is 3.37. The molecule has 172 valence electrons. The topological polar surface area (TPSA) is 106 Å². The fourth-order valence-electron chi connectivity index (χ4n) is 3.47. The van der Waals surface area contributed by atoms with Crippen LogP contribution in [0, 0.1) is 6.92 Å². The Bertz CT molecular complexity index is 1090. The molecule has 2 heterocycles. The van der Waals surface area contributed by atoms with E-state index in [4.69, 9.17) is 14.2 Å². The highest BCUT2D eigenvalue weighted by Crippen LogP contribution is 2.31. The number of aromatic nitrogens is 2. The van der Waals surface area contributed by atoms with Crippen molar-refractivity contribution in [3.8, 4) is 16.9 Å². The van der Waals surface area contributed by atoms with Gasteiger partial charge in [-0.2, -0.15) is 5.10 Å². The molecule has 2 aromatic carbocycles. The first kappa shape index (κ1) is 22.3. The highest BCUT2D eigenvalue weighted by atomic mass is 16.5. The van der Waals surface area contributed by atoms with Gasteiger partial charge in [0.1, 0.15) is 12.4 Å². The van der Waals surface area contributed by atoms with Crippen molar-refractivity contribution in [2.45, 2.75) is 13.5 Å². The van der Waals surface area contributed by atoms with Crippen LogP contribution in [0.4, 0.5) is 10.5 Å². The number of ether oxygens (including phenoxy) is 3. The van der Waals surface area contributed by atoms with Crippen molar-refractivity contribution in [2.75, 3.05) is 38.2 Å². The molecular formula is C24H26N4O5. The van der Waals surface area contributed by atoms with E-state index in [0.717, 1.165) is 22.3 Å². The second-order valence-corrected chi connectivity index (χ2v) is 7.67. The van der Waals surface area contributed by atoms with Gasteiger partial charge in [0, 0.05) is 24.8 Å². The number of hydrogen-bond acceptors (Lipinski definition) is 6. The molecule has 1 fully saturated rings. The Hall–Kier alpha value is -3.85. The smallest absolute Gasteiger partial charge is 0.412 e. The number of morpholine rings is 1. The Balaban J connectivity index is 1.44. The van der Waals surface area contributed by atoms with Gasteiger partial charge in [0.2, 0.25) is 0 Å². The van der Waals surface area contributed by atoms with Gasteiger partial charge in [-0.1, -0.05) is 35.9 Å². The summed E-state index contributed by atoms with van der Waals surface area (Å²) in [6.45, 7) is 4.07. The predicted molar refractivity (Wildman–Crippen MR) is 122 cm³/mol. The Morgan fingerprint density at radius 1 is 1.15 bits per heavy atom. The zero-order chi connectivity index (χ0) is 23.0. The van der Waals surface area contributed by atoms with Crippen LogP contribution >= 0.6 is 0 Å². The first-order valence-corrected chi connectivity index (χ1v) is 10.7. The molecule has 9 heteroatoms. The number of hydrogen-bond donors (Lipinski definition) is 2. The second kappa shape index (κ2) is 10.6. The van der Waals surface area contributed by atoms with Crippen LogP contribution in [-0.4, -0.2) is 60.0 Å². The summed E-state index contributed by atoms with van der Waals surface area (Å²) in [5.41, 5.74) is 4.08. The molecule has 9 nitrogen and oxygen atoms in total. The average molecular weight is 450 g/mol. The summed E-state index contributed by atoms with van der Waals surface area (Å²) < 4.78 is 16.5. The molecule has 1 aliphatic rings. The number of nitrogens with one attached hydrogen (secondary N) is 2. The number of nitrogens with zero attached hydrogens (tertiary/aromatic N) is 2. The summed E-state index contributed by atoms with van der Waals surface area (Å²) in [5, 5.41) is 9.45. The molecule has 33 heavy (non-hydrogen) atoms. The molecule has 4 rings (SSSR count). The van der Waals surface area contributed by atoms with Gasteiger partial charge in [0.25, 0.3) is 5.91 Å². The summed E-state index contributed by atoms with van der Waals surface area (Å²) >= 11 is 0. The first-order chi connectivity index (χ1) is 16.1. The quantitative estimate of drug-likeness (QED) is 0.572. The lowest BCUT2D eigenvalue weighted by molar-refractivity contribution is -0.137. The minimum Gasteiger partial charge on any atom is -0.482 e. The number of carbonyl (C=O) groups excluding carboxylic acids is 2. The van der Waals surface area contributed by atoms with E-state index in [1.54, 1.807) is 29.4 Å². The van der Waals surface area contributed by atoms with E-state index in [1.807, 2.05) is 37.3 Å². The van der Waals surface area contributed by atoms with Crippen molar-refractivity contribution in [3.05, 3.63) is 66.0 Å². The zero-order valence-corrected chi connectivity index (χ0v) is 18.4. The first-order valence-electron chi connectivity index (χ1n) is 10.7. The molecule has 0 bridgehead atoms. The Morgan fingerprint density at radius 3 is 2.76 bits per heavy atom. The van der Waals surface area contributed by atoms with Crippen LogP contribution in [0.1, 0.15) is 11.1 Å². The van der Waals surface area contributed by atoms with Gasteiger partial charge in [-0.15, -0.1) is 0 Å². The monoisotopic (exact) mass is 450 g/mol. The molecular weight excluding hydrogens is 424 g/mol. The maximum Gasteiger partial charge on any atom is 0.412 e. The molecule has 0 spiro atoms. The fourth-order valence-corrected chi connectivity index (χ4v) is 3.47. The van der Waals surface area contributed by atoms with Crippen LogP contribution in [-0.2, 0) is 20.9 Å². The number of benzene rings is 2. The summed E-state index contributed by atoms with van der Waals surface area (Å²) in [4.78, 5) is 26.7. The largest absolute Gasteiger partial charge is 0.482 e. The highest BCUT2D eigenvalue weighted by Gasteiger charge is 2.19. The summed E-state index contributed by atoms with van der Waals surface area (Å²) in [5.74, 6) is 0.225. The third-order valence-electron chi connectivity index (χ3n) is 5.22. The van der Waals surface area contributed by atoms with Gasteiger partial charge in [-0.3, -0.25) is 15.2 Å². The molecule has 0 aliphatic carbocycles. The normalized spacial score (nSPS) is 13.4. The van der Waals surface area contributed by atoms with Crippen LogP contribution in [0.5, 0.6) is 5.75 Å². The molecule has 0 radical (unpaired) electrons. The van der Waals surface area contributed by atoms with Crippen LogP contribution in [0.15, 0.2) is 54.9 Å². The molecule has 0 unspecified atom stereocenters. The molecule has 0 atom stereocenters. The molecule has 1 aromatic heterocycles. The van der Waals surface area contributed by atoms with Gasteiger partial charge in [0.15, 0.2) is 6.61 Å². The Morgan fingerprint density at radius 2 is 2.00 bits per heavy atom. The number of aromatic amines is 1. The number of rotatable bonds is 7. The fraction of sp³-hybridized carbons (Fsp3) is 0.292. The highest BCUT2D eigenvalue weighted by molar-refractivity contribution is 5.88. The number of anilines is 1. The Kier molecular flexibility index (Phi) is 7.21. The standard InChI is InChI=1S/C24H26N4O5/c1-17-3-2-4-18(11-17)15-33-24(30)27-21-6-5-19(20-13-25-26-14-20)12-22(21)32-16-23(29)28-7-9-31-10-8-28/h2-6,11-14H,7-10,15-16H2,1H3,(H,25,26)(H,27,30). The Labute approximate surface area is 191 Å². The SMILES string of the molecule is Cc1cccc(COC(=O)Nc2ccc(-c3cn[nH]c3)cc2OCC(=O)N2CCOCC2)c1. The lowest BCUT2D eigenvalue weighted by Gasteiger charge is -2.26. The molecule has 0 saturated carbocycles. The summed E-state index contributed by atoms with van der Waals surface area (Å²) in [6, 6.07) is 13.0. The van der Waals surface area contributed by atoms with Crippen LogP contribution in [0.2, 0.25) is 0 Å². The van der Waals surface area contributed by atoms with E-state index in [0.29, 0.717) is 37.7 Å². The van der Waals surface area contributed by atoms with E-state index in [1.165, 1.54) is 0 Å². The zero-order valence-electron chi connectivity index (χ0n) is 18.4. The van der Waals surface area contributed by atoms with Crippen molar-refractivity contribution in [3.63, 3.8) is 0 Å². The van der Waals surface area contributed by atoms with E-state index >= 15 is 0 Å². The van der Waals surface area contributed by atoms with Gasteiger partial charge >= 0.3 is 6.09 Å². The van der Waals surface area contributed by atoms with Crippen molar-refractivity contribution in [2.24, 2.45) is 0 Å². The lowest BCUT2D eigenvalue weighted by atomic mass is 10.1. The van der Waals surface area contributed by atoms with Gasteiger partial charge in [0.05, 0.1) is 25.1 Å². The molecule has 3 aromatic rings. The van der Waals surface area contributed by atoms with Crippen LogP contribution < -0.4 is 10.1 Å². The van der Waals surface area contributed by atoms with Crippen molar-refractivity contribution in [1.82, 2.24) is 15.1 Å². The number of H-pyrrole nitrogens is 1. The van der Waals surface area contributed by atoms with Crippen molar-refractivity contribution in [1.29, 1.82) is 0 Å². The van der Waals surface area contributed by atoms with Gasteiger partial charge in [-0.25, -0.2) is 4.79 Å². The maximum absolute atomic E-state index is 12.5. The lowest BCUT2D eigenvalue weighted by Crippen LogP contribution is -2.43. The summed E-state index contributed by atoms with van der Waals surface area (Å²) in [6.07, 6.45) is 2.82. The van der Waals surface area contributed by atoms with Crippen LogP contribution in [0.25, 0.3) is 11.1 Å². The third kappa shape index (κ3) is 6.11. The van der Waals surface area contributed by atoms with Crippen molar-refractivity contribution < 1.29 is 23.8 Å². The third-order valence-corrected chi connectivity index (χ3v) is 5.22. The maximum atomic E-state index is 12.5.